The summed E-state index contributed by atoms with van der Waals surface area (Å²) in [6.07, 6.45) is 0.0633. The number of carbonyl (C=O) groups is 1. The van der Waals surface area contributed by atoms with Gasteiger partial charge in [-0.25, -0.2) is 14.4 Å². The maximum absolute atomic E-state index is 13.3. The molecule has 2 rings (SSSR count). The van der Waals surface area contributed by atoms with Gasteiger partial charge in [0.15, 0.2) is 0 Å². The summed E-state index contributed by atoms with van der Waals surface area (Å²) in [6.45, 7) is 6.64. The molecule has 0 saturated carbocycles. The highest BCUT2D eigenvalue weighted by atomic mass is 31.2. The zero-order chi connectivity index (χ0) is 25.5. The van der Waals surface area contributed by atoms with E-state index >= 15 is 0 Å². The van der Waals surface area contributed by atoms with Crippen LogP contribution in [0.25, 0.3) is 10.4 Å². The van der Waals surface area contributed by atoms with E-state index in [1.165, 1.54) is 24.8 Å². The number of ether oxygens (including phenoxy) is 2. The predicted molar refractivity (Wildman–Crippen MR) is 121 cm³/mol. The molecule has 0 spiro atoms. The number of methoxy groups -OCH3 is 1. The molecule has 1 unspecified atom stereocenters. The third kappa shape index (κ3) is 7.26. The van der Waals surface area contributed by atoms with Crippen molar-refractivity contribution in [3.05, 3.63) is 43.0 Å². The third-order valence-electron chi connectivity index (χ3n) is 5.07. The quantitative estimate of drug-likeness (QED) is 0.142. The van der Waals surface area contributed by atoms with Gasteiger partial charge in [-0.2, -0.15) is 0 Å². The SMILES string of the molecule is CCOP(=O)(N[C@@H](CC(C)C)C(=O)OC)OC[C@H]1O[C@@H](n2cc(C)c(=O)[nH]c2=O)C[C@@H]1N=[N+]=[N-]. The molecule has 15 heteroatoms. The van der Waals surface area contributed by atoms with E-state index in [1.54, 1.807) is 6.92 Å². The summed E-state index contributed by atoms with van der Waals surface area (Å²) in [7, 11) is -2.77. The average Bonchev–Trinajstić information content (AvgIpc) is 3.16. The summed E-state index contributed by atoms with van der Waals surface area (Å²) in [6, 6.07) is -1.69. The molecule has 2 heterocycles. The van der Waals surface area contributed by atoms with Crippen molar-refractivity contribution in [1.82, 2.24) is 14.6 Å². The molecule has 1 aliphatic rings. The second kappa shape index (κ2) is 12.3. The molecule has 190 valence electrons. The van der Waals surface area contributed by atoms with Gasteiger partial charge in [-0.3, -0.25) is 28.2 Å². The molecule has 1 aliphatic heterocycles. The van der Waals surface area contributed by atoms with Crippen molar-refractivity contribution in [3.63, 3.8) is 0 Å². The van der Waals surface area contributed by atoms with Crippen LogP contribution in [-0.2, 0) is 27.9 Å². The summed E-state index contributed by atoms with van der Waals surface area (Å²) in [5.41, 5.74) is 8.04. The maximum atomic E-state index is 13.3. The highest BCUT2D eigenvalue weighted by Gasteiger charge is 2.40. The number of nitrogens with zero attached hydrogens (tertiary/aromatic N) is 4. The topological polar surface area (TPSA) is 187 Å². The first-order chi connectivity index (χ1) is 16.0. The molecule has 5 atom stereocenters. The van der Waals surface area contributed by atoms with Crippen molar-refractivity contribution < 1.29 is 27.9 Å². The maximum Gasteiger partial charge on any atom is 0.406 e. The fraction of sp³-hybridized carbons (Fsp3) is 0.737. The molecule has 14 nitrogen and oxygen atoms in total. The van der Waals surface area contributed by atoms with Gasteiger partial charge in [0.1, 0.15) is 12.3 Å². The molecule has 1 aromatic rings. The lowest BCUT2D eigenvalue weighted by molar-refractivity contribution is -0.143. The average molecular weight is 502 g/mol. The summed E-state index contributed by atoms with van der Waals surface area (Å²) in [5.74, 6) is -0.534. The lowest BCUT2D eigenvalue weighted by Crippen LogP contribution is -2.38. The standard InChI is InChI=1S/C19H31N6O8P/c1-6-31-34(29,23-14(7-11(2)3)18(27)30-5)32-10-15-13(22-24-20)8-16(33-15)25-9-12(4)17(26)21-19(25)28/h9,11,13-16H,6-8,10H2,1-5H3,(H,23,29)(H,21,26,28)/t13-,14-,15+,16+,34?/m0/s1. The molecule has 0 bridgehead atoms. The fourth-order valence-corrected chi connectivity index (χ4v) is 4.98. The molecule has 34 heavy (non-hydrogen) atoms. The second-order valence-corrected chi connectivity index (χ2v) is 9.93. The number of esters is 1. The molecule has 0 aliphatic carbocycles. The van der Waals surface area contributed by atoms with E-state index in [2.05, 4.69) is 20.1 Å². The lowest BCUT2D eigenvalue weighted by Gasteiger charge is -2.26. The first-order valence-electron chi connectivity index (χ1n) is 10.8. The Bertz CT molecular complexity index is 1070. The Kier molecular flexibility index (Phi) is 10.0. The highest BCUT2D eigenvalue weighted by molar-refractivity contribution is 7.51. The van der Waals surface area contributed by atoms with Gasteiger partial charge in [0.2, 0.25) is 0 Å². The highest BCUT2D eigenvalue weighted by Crippen LogP contribution is 2.46. The Morgan fingerprint density at radius 1 is 1.44 bits per heavy atom. The normalized spacial score (nSPS) is 22.7. The fourth-order valence-electron chi connectivity index (χ4n) is 3.48. The second-order valence-electron chi connectivity index (χ2n) is 8.16. The molecule has 0 radical (unpaired) electrons. The van der Waals surface area contributed by atoms with Crippen LogP contribution in [-0.4, -0.2) is 54.0 Å². The largest absolute Gasteiger partial charge is 0.468 e. The number of aromatic nitrogens is 2. The van der Waals surface area contributed by atoms with Crippen LogP contribution in [0.2, 0.25) is 0 Å². The van der Waals surface area contributed by atoms with Crippen molar-refractivity contribution in [1.29, 1.82) is 0 Å². The Hall–Kier alpha value is -2.47. The van der Waals surface area contributed by atoms with Crippen molar-refractivity contribution in [2.24, 2.45) is 11.0 Å². The zero-order valence-corrected chi connectivity index (χ0v) is 20.7. The van der Waals surface area contributed by atoms with E-state index in [1.807, 2.05) is 13.8 Å². The van der Waals surface area contributed by atoms with E-state index in [0.29, 0.717) is 12.0 Å². The minimum absolute atomic E-state index is 0.0276. The number of rotatable bonds is 12. The molecule has 1 fully saturated rings. The minimum atomic E-state index is -3.99. The number of carbonyl (C=O) groups excluding carboxylic acids is 1. The Morgan fingerprint density at radius 2 is 2.15 bits per heavy atom. The number of nitrogens with one attached hydrogen (secondary N) is 2. The first kappa shape index (κ1) is 27.8. The number of H-pyrrole nitrogens is 1. The van der Waals surface area contributed by atoms with Crippen LogP contribution in [0.5, 0.6) is 0 Å². The van der Waals surface area contributed by atoms with Gasteiger partial charge in [-0.15, -0.1) is 0 Å². The van der Waals surface area contributed by atoms with Gasteiger partial charge >= 0.3 is 19.4 Å². The van der Waals surface area contributed by atoms with Gasteiger partial charge in [0, 0.05) is 23.1 Å². The van der Waals surface area contributed by atoms with Crippen LogP contribution in [0.15, 0.2) is 20.9 Å². The van der Waals surface area contributed by atoms with E-state index in [-0.39, 0.29) is 25.6 Å². The summed E-state index contributed by atoms with van der Waals surface area (Å²) < 4.78 is 36.0. The molecule has 1 saturated heterocycles. The lowest BCUT2D eigenvalue weighted by atomic mass is 10.1. The smallest absolute Gasteiger partial charge is 0.406 e. The molecule has 0 aromatic carbocycles. The Labute approximate surface area is 196 Å². The van der Waals surface area contributed by atoms with E-state index in [0.717, 1.165) is 0 Å². The third-order valence-corrected chi connectivity index (χ3v) is 6.79. The predicted octanol–water partition coefficient (Wildman–Crippen LogP) is 2.15. The van der Waals surface area contributed by atoms with Crippen molar-refractivity contribution >= 4 is 13.7 Å². The first-order valence-corrected chi connectivity index (χ1v) is 12.3. The van der Waals surface area contributed by atoms with Gasteiger partial charge in [0.05, 0.1) is 32.5 Å². The molecular formula is C19H31N6O8P. The number of hydrogen-bond acceptors (Lipinski definition) is 9. The van der Waals surface area contributed by atoms with E-state index in [9.17, 15) is 18.9 Å². The summed E-state index contributed by atoms with van der Waals surface area (Å²) in [4.78, 5) is 41.0. The zero-order valence-electron chi connectivity index (χ0n) is 19.8. The number of aromatic amines is 1. The van der Waals surface area contributed by atoms with Crippen LogP contribution in [0.1, 0.15) is 45.4 Å². The number of hydrogen-bond donors (Lipinski definition) is 2. The van der Waals surface area contributed by atoms with E-state index < -0.39 is 49.4 Å². The van der Waals surface area contributed by atoms with Crippen molar-refractivity contribution in [2.45, 2.75) is 65.0 Å². The minimum Gasteiger partial charge on any atom is -0.468 e. The van der Waals surface area contributed by atoms with Gasteiger partial charge in [0.25, 0.3) is 5.56 Å². The van der Waals surface area contributed by atoms with Crippen molar-refractivity contribution in [2.75, 3.05) is 20.3 Å². The molecule has 1 aromatic heterocycles. The molecular weight excluding hydrogens is 471 g/mol. The monoisotopic (exact) mass is 502 g/mol. The molecule has 2 N–H and O–H groups in total. The number of aryl methyl sites for hydroxylation is 1. The van der Waals surface area contributed by atoms with Crippen LogP contribution >= 0.6 is 7.75 Å². The van der Waals surface area contributed by atoms with Crippen LogP contribution < -0.4 is 16.3 Å². The van der Waals surface area contributed by atoms with Crippen LogP contribution in [0.4, 0.5) is 0 Å². The van der Waals surface area contributed by atoms with Gasteiger partial charge in [-0.05, 0) is 31.7 Å². The van der Waals surface area contributed by atoms with Gasteiger partial charge in [-0.1, -0.05) is 19.0 Å². The summed E-state index contributed by atoms with van der Waals surface area (Å²) >= 11 is 0. The van der Waals surface area contributed by atoms with Gasteiger partial charge < -0.3 is 9.47 Å². The van der Waals surface area contributed by atoms with E-state index in [4.69, 9.17) is 24.1 Å². The summed E-state index contributed by atoms with van der Waals surface area (Å²) in [5, 5.41) is 6.33. The number of azide groups is 1. The van der Waals surface area contributed by atoms with Crippen LogP contribution in [0, 0.1) is 12.8 Å². The van der Waals surface area contributed by atoms with Crippen molar-refractivity contribution in [3.8, 4) is 0 Å². The Balaban J connectivity index is 2.21. The Morgan fingerprint density at radius 3 is 2.74 bits per heavy atom. The molecule has 0 amide bonds. The van der Waals surface area contributed by atoms with Crippen LogP contribution in [0.3, 0.4) is 0 Å².